The van der Waals surface area contributed by atoms with Gasteiger partial charge in [0.1, 0.15) is 22.8 Å². The average molecular weight is 426 g/mol. The lowest BCUT2D eigenvalue weighted by Gasteiger charge is -2.14. The van der Waals surface area contributed by atoms with E-state index in [1.54, 1.807) is 32.0 Å². The molecule has 0 aliphatic heterocycles. The summed E-state index contributed by atoms with van der Waals surface area (Å²) in [5.41, 5.74) is 13.6. The van der Waals surface area contributed by atoms with Gasteiger partial charge in [0, 0.05) is 5.56 Å². The van der Waals surface area contributed by atoms with Gasteiger partial charge in [-0.3, -0.25) is 4.79 Å². The second-order valence-corrected chi connectivity index (χ2v) is 6.67. The summed E-state index contributed by atoms with van der Waals surface area (Å²) >= 11 is 9.20. The van der Waals surface area contributed by atoms with E-state index >= 15 is 0 Å². The van der Waals surface area contributed by atoms with Crippen molar-refractivity contribution in [2.24, 2.45) is 5.73 Å². The van der Waals surface area contributed by atoms with Gasteiger partial charge in [-0.05, 0) is 53.5 Å². The number of hydrogen-bond donors (Lipinski definition) is 3. The Labute approximate surface area is 156 Å². The maximum atomic E-state index is 11.9. The van der Waals surface area contributed by atoms with Gasteiger partial charge in [0.05, 0.1) is 10.7 Å². The molecule has 0 radical (unpaired) electrons. The maximum absolute atomic E-state index is 11.9. The van der Waals surface area contributed by atoms with Crippen LogP contribution in [0.1, 0.15) is 21.5 Å². The monoisotopic (exact) mass is 424 g/mol. The number of carbonyl (C=O) groups excluding carboxylic acids is 1. The fraction of sp³-hybridized carbons (Fsp3) is 0.125. The van der Waals surface area contributed by atoms with Crippen molar-refractivity contribution in [3.8, 4) is 22.9 Å². The van der Waals surface area contributed by atoms with Crippen LogP contribution in [0.25, 0.3) is 17.1 Å². The van der Waals surface area contributed by atoms with Gasteiger partial charge in [-0.2, -0.15) is 5.10 Å². The van der Waals surface area contributed by atoms with Gasteiger partial charge in [-0.25, -0.2) is 4.68 Å². The molecule has 1 amide bonds. The van der Waals surface area contributed by atoms with Gasteiger partial charge in [-0.15, -0.1) is 0 Å². The molecule has 0 fully saturated rings. The third-order valence-electron chi connectivity index (χ3n) is 3.84. The number of halogens is 2. The van der Waals surface area contributed by atoms with Crippen molar-refractivity contribution in [1.82, 2.24) is 9.78 Å². The number of amides is 1. The first-order chi connectivity index (χ1) is 11.7. The molecule has 0 bridgehead atoms. The van der Waals surface area contributed by atoms with Crippen molar-refractivity contribution in [2.75, 3.05) is 5.73 Å². The highest BCUT2D eigenvalue weighted by Crippen LogP contribution is 2.37. The third kappa shape index (κ3) is 2.77. The number of furan rings is 1. The molecule has 2 aromatic heterocycles. The highest BCUT2D eigenvalue weighted by Gasteiger charge is 2.26. The highest BCUT2D eigenvalue weighted by molar-refractivity contribution is 9.10. The van der Waals surface area contributed by atoms with Crippen LogP contribution in [0.3, 0.4) is 0 Å². The molecular weight excluding hydrogens is 412 g/mol. The molecule has 25 heavy (non-hydrogen) atoms. The Morgan fingerprint density at radius 2 is 2.08 bits per heavy atom. The molecule has 0 saturated carbocycles. The van der Waals surface area contributed by atoms with Crippen molar-refractivity contribution in [2.45, 2.75) is 13.8 Å². The zero-order valence-electron chi connectivity index (χ0n) is 13.3. The molecule has 7 nitrogen and oxygen atoms in total. The molecule has 1 aromatic carbocycles. The smallest absolute Gasteiger partial charge is 0.254 e. The number of aromatic nitrogens is 2. The summed E-state index contributed by atoms with van der Waals surface area (Å²) in [5.74, 6) is -0.442. The Kier molecular flexibility index (Phi) is 4.26. The first-order valence-electron chi connectivity index (χ1n) is 7.15. The first-order valence-corrected chi connectivity index (χ1v) is 8.32. The summed E-state index contributed by atoms with van der Waals surface area (Å²) in [4.78, 5) is 11.9. The Bertz CT molecular complexity index is 1010. The first kappa shape index (κ1) is 17.4. The molecule has 0 atom stereocenters. The molecule has 9 heteroatoms. The Hall–Kier alpha value is -2.45. The fourth-order valence-corrected chi connectivity index (χ4v) is 3.31. The average Bonchev–Trinajstić information content (AvgIpc) is 3.09. The SMILES string of the molecule is Cc1cc(Cl)c(O)c(C)c1-n1nc(-c2ccc(Br)o2)c(C(N)=O)c1N. The van der Waals surface area contributed by atoms with E-state index in [0.717, 1.165) is 5.56 Å². The van der Waals surface area contributed by atoms with Crippen LogP contribution < -0.4 is 11.5 Å². The number of aryl methyl sites for hydroxylation is 1. The minimum atomic E-state index is -0.736. The van der Waals surface area contributed by atoms with E-state index in [1.807, 2.05) is 0 Å². The normalized spacial score (nSPS) is 11.0. The van der Waals surface area contributed by atoms with Crippen molar-refractivity contribution in [3.05, 3.63) is 44.6 Å². The summed E-state index contributed by atoms with van der Waals surface area (Å²) in [5, 5.41) is 14.8. The molecule has 130 valence electrons. The lowest BCUT2D eigenvalue weighted by atomic mass is 10.1. The number of anilines is 1. The molecule has 5 N–H and O–H groups in total. The molecule has 3 rings (SSSR count). The van der Waals surface area contributed by atoms with Gasteiger partial charge in [0.15, 0.2) is 10.4 Å². The number of carbonyl (C=O) groups is 1. The van der Waals surface area contributed by atoms with E-state index in [0.29, 0.717) is 21.7 Å². The van der Waals surface area contributed by atoms with Crippen LogP contribution in [-0.2, 0) is 0 Å². The number of hydrogen-bond acceptors (Lipinski definition) is 5. The number of phenolic OH excluding ortho intramolecular Hbond substituents is 1. The van der Waals surface area contributed by atoms with E-state index in [-0.39, 0.29) is 27.8 Å². The molecule has 0 spiro atoms. The van der Waals surface area contributed by atoms with E-state index in [9.17, 15) is 9.90 Å². The molecule has 0 unspecified atom stereocenters. The Balaban J connectivity index is 2.33. The second kappa shape index (κ2) is 6.12. The van der Waals surface area contributed by atoms with Crippen LogP contribution in [-0.4, -0.2) is 20.8 Å². The van der Waals surface area contributed by atoms with Gasteiger partial charge in [0.2, 0.25) is 0 Å². The standard InChI is InChI=1S/C16H14BrClN4O3/c1-6-5-8(18)14(23)7(2)13(6)22-15(19)11(16(20)24)12(21-22)9-3-4-10(17)25-9/h3-5,23H,19H2,1-2H3,(H2,20,24). The van der Waals surface area contributed by atoms with Gasteiger partial charge < -0.3 is 21.0 Å². The summed E-state index contributed by atoms with van der Waals surface area (Å²) < 4.78 is 7.30. The van der Waals surface area contributed by atoms with Crippen molar-refractivity contribution in [3.63, 3.8) is 0 Å². The number of aromatic hydroxyl groups is 1. The van der Waals surface area contributed by atoms with Crippen LogP contribution >= 0.6 is 27.5 Å². The number of nitrogens with zero attached hydrogens (tertiary/aromatic N) is 2. The van der Waals surface area contributed by atoms with Crippen molar-refractivity contribution < 1.29 is 14.3 Å². The second-order valence-electron chi connectivity index (χ2n) is 5.49. The largest absolute Gasteiger partial charge is 0.506 e. The Morgan fingerprint density at radius 1 is 1.40 bits per heavy atom. The number of nitrogen functional groups attached to an aromatic ring is 1. The summed E-state index contributed by atoms with van der Waals surface area (Å²) in [6.45, 7) is 3.47. The number of benzene rings is 1. The number of phenols is 1. The van der Waals surface area contributed by atoms with Crippen molar-refractivity contribution in [1.29, 1.82) is 0 Å². The lowest BCUT2D eigenvalue weighted by molar-refractivity contribution is 0.100. The molecule has 0 aliphatic carbocycles. The highest BCUT2D eigenvalue weighted by atomic mass is 79.9. The summed E-state index contributed by atoms with van der Waals surface area (Å²) in [6, 6.07) is 4.90. The predicted molar refractivity (Wildman–Crippen MR) is 98.0 cm³/mol. The molecule has 2 heterocycles. The van der Waals surface area contributed by atoms with E-state index in [1.165, 1.54) is 4.68 Å². The van der Waals surface area contributed by atoms with E-state index in [2.05, 4.69) is 21.0 Å². The maximum Gasteiger partial charge on any atom is 0.254 e. The minimum absolute atomic E-state index is 0.0371. The van der Waals surface area contributed by atoms with Gasteiger partial charge >= 0.3 is 0 Å². The van der Waals surface area contributed by atoms with Crippen LogP contribution in [0.4, 0.5) is 5.82 Å². The number of rotatable bonds is 3. The van der Waals surface area contributed by atoms with E-state index < -0.39 is 5.91 Å². The predicted octanol–water partition coefficient (Wildman–Crippen LogP) is 3.55. The minimum Gasteiger partial charge on any atom is -0.506 e. The van der Waals surface area contributed by atoms with Crippen LogP contribution in [0, 0.1) is 13.8 Å². The summed E-state index contributed by atoms with van der Waals surface area (Å²) in [6.07, 6.45) is 0. The van der Waals surface area contributed by atoms with E-state index in [4.69, 9.17) is 27.5 Å². The Morgan fingerprint density at radius 3 is 2.64 bits per heavy atom. The summed E-state index contributed by atoms with van der Waals surface area (Å²) in [7, 11) is 0. The molecular formula is C16H14BrClN4O3. The number of nitrogens with two attached hydrogens (primary N) is 2. The fourth-order valence-electron chi connectivity index (χ4n) is 2.70. The molecule has 3 aromatic rings. The third-order valence-corrected chi connectivity index (χ3v) is 4.55. The van der Waals surface area contributed by atoms with Gasteiger partial charge in [0.25, 0.3) is 5.91 Å². The van der Waals surface area contributed by atoms with Crippen LogP contribution in [0.2, 0.25) is 5.02 Å². The number of primary amides is 1. The molecule has 0 saturated heterocycles. The zero-order valence-corrected chi connectivity index (χ0v) is 15.6. The molecule has 0 aliphatic rings. The lowest BCUT2D eigenvalue weighted by Crippen LogP contribution is -2.14. The van der Waals surface area contributed by atoms with Crippen molar-refractivity contribution >= 4 is 39.3 Å². The van der Waals surface area contributed by atoms with Crippen LogP contribution in [0.5, 0.6) is 5.75 Å². The topological polar surface area (TPSA) is 120 Å². The van der Waals surface area contributed by atoms with Gasteiger partial charge in [-0.1, -0.05) is 11.6 Å². The quantitative estimate of drug-likeness (QED) is 0.592. The van der Waals surface area contributed by atoms with Crippen LogP contribution in [0.15, 0.2) is 27.3 Å². The zero-order chi connectivity index (χ0) is 18.5.